The number of aliphatic imine (C=N–C) groups is 1. The highest BCUT2D eigenvalue weighted by atomic mass is 32.2. The molecular weight excluding hydrogens is 296 g/mol. The molecule has 22 heavy (non-hydrogen) atoms. The molecule has 1 saturated carbocycles. The molecule has 0 spiro atoms. The zero-order chi connectivity index (χ0) is 15.1. The van der Waals surface area contributed by atoms with Crippen molar-refractivity contribution in [1.82, 2.24) is 5.32 Å². The van der Waals surface area contributed by atoms with Crippen molar-refractivity contribution in [2.45, 2.75) is 38.1 Å². The summed E-state index contributed by atoms with van der Waals surface area (Å²) in [6.07, 6.45) is 5.53. The summed E-state index contributed by atoms with van der Waals surface area (Å²) in [6.45, 7) is 0. The topological polar surface area (TPSA) is 61.7 Å². The summed E-state index contributed by atoms with van der Waals surface area (Å²) in [5, 5.41) is 13.6. The lowest BCUT2D eigenvalue weighted by Crippen LogP contribution is -2.29. The van der Waals surface area contributed by atoms with Gasteiger partial charge in [-0.25, -0.2) is 4.99 Å². The number of rotatable bonds is 3. The van der Waals surface area contributed by atoms with Crippen molar-refractivity contribution in [3.63, 3.8) is 0 Å². The van der Waals surface area contributed by atoms with E-state index in [2.05, 4.69) is 22.4 Å². The second-order valence-electron chi connectivity index (χ2n) is 6.08. The number of hydrogen-bond acceptors (Lipinski definition) is 4. The third-order valence-corrected chi connectivity index (χ3v) is 5.29. The molecule has 0 bridgehead atoms. The first kappa shape index (κ1) is 13.9. The van der Waals surface area contributed by atoms with Crippen LogP contribution in [0.25, 0.3) is 0 Å². The van der Waals surface area contributed by atoms with Gasteiger partial charge in [-0.2, -0.15) is 0 Å². The Morgan fingerprint density at radius 3 is 2.91 bits per heavy atom. The number of nitrogens with zero attached hydrogens (tertiary/aromatic N) is 1. The van der Waals surface area contributed by atoms with E-state index in [1.165, 1.54) is 29.3 Å². The minimum absolute atomic E-state index is 0.142. The van der Waals surface area contributed by atoms with Crippen LogP contribution in [-0.4, -0.2) is 27.9 Å². The van der Waals surface area contributed by atoms with Crippen molar-refractivity contribution in [2.75, 3.05) is 5.75 Å². The van der Waals surface area contributed by atoms with Crippen molar-refractivity contribution >= 4 is 28.4 Å². The maximum Gasteiger partial charge on any atom is 0.257 e. The predicted molar refractivity (Wildman–Crippen MR) is 88.8 cm³/mol. The van der Waals surface area contributed by atoms with Crippen LogP contribution >= 0.6 is 11.8 Å². The minimum atomic E-state index is -0.190. The van der Waals surface area contributed by atoms with E-state index in [-0.39, 0.29) is 17.7 Å². The molecule has 2 N–H and O–H groups in total. The van der Waals surface area contributed by atoms with Gasteiger partial charge in [-0.15, -0.1) is 0 Å². The largest absolute Gasteiger partial charge is 0.510 e. The van der Waals surface area contributed by atoms with Gasteiger partial charge in [0, 0.05) is 6.04 Å². The summed E-state index contributed by atoms with van der Waals surface area (Å²) >= 11 is 1.43. The number of carbonyl (C=O) groups excluding carboxylic acids is 1. The predicted octanol–water partition coefficient (Wildman–Crippen LogP) is 3.04. The minimum Gasteiger partial charge on any atom is -0.510 e. The van der Waals surface area contributed by atoms with Gasteiger partial charge < -0.3 is 10.4 Å². The molecule has 1 aromatic carbocycles. The van der Waals surface area contributed by atoms with Crippen molar-refractivity contribution < 1.29 is 9.90 Å². The Bertz CT molecular complexity index is 705. The summed E-state index contributed by atoms with van der Waals surface area (Å²) in [5.74, 6) is 0.380. The van der Waals surface area contributed by atoms with E-state index in [0.717, 1.165) is 31.4 Å². The van der Waals surface area contributed by atoms with E-state index < -0.39 is 0 Å². The van der Waals surface area contributed by atoms with Crippen molar-refractivity contribution in [3.8, 4) is 0 Å². The summed E-state index contributed by atoms with van der Waals surface area (Å²) in [7, 11) is 0. The van der Waals surface area contributed by atoms with E-state index in [4.69, 9.17) is 0 Å². The van der Waals surface area contributed by atoms with Crippen LogP contribution in [0.3, 0.4) is 0 Å². The number of aryl methyl sites for hydroxylation is 2. The fraction of sp³-hybridized carbons (Fsp3) is 0.412. The fourth-order valence-electron chi connectivity index (χ4n) is 2.95. The van der Waals surface area contributed by atoms with Crippen LogP contribution in [0, 0.1) is 0 Å². The number of fused-ring (bicyclic) bond motifs is 1. The lowest BCUT2D eigenvalue weighted by Gasteiger charge is -2.06. The first-order chi connectivity index (χ1) is 10.7. The third kappa shape index (κ3) is 2.65. The Kier molecular flexibility index (Phi) is 3.45. The second-order valence-corrected chi connectivity index (χ2v) is 7.05. The van der Waals surface area contributed by atoms with Crippen LogP contribution in [0.5, 0.6) is 0 Å². The molecule has 0 atom stereocenters. The van der Waals surface area contributed by atoms with Crippen LogP contribution < -0.4 is 5.32 Å². The summed E-state index contributed by atoms with van der Waals surface area (Å²) in [5.41, 5.74) is 4.00. The number of aliphatic hydroxyl groups excluding tert-OH is 1. The smallest absolute Gasteiger partial charge is 0.257 e. The molecular formula is C17H18N2O2S. The van der Waals surface area contributed by atoms with Crippen LogP contribution in [0.4, 0.5) is 5.69 Å². The van der Waals surface area contributed by atoms with Crippen LogP contribution in [0.15, 0.2) is 34.5 Å². The average Bonchev–Trinajstić information content (AvgIpc) is 3.06. The van der Waals surface area contributed by atoms with Crippen molar-refractivity contribution in [3.05, 3.63) is 40.7 Å². The molecule has 2 aliphatic carbocycles. The van der Waals surface area contributed by atoms with Gasteiger partial charge in [0.25, 0.3) is 5.91 Å². The number of hydrogen-bond donors (Lipinski definition) is 2. The number of benzene rings is 1. The Morgan fingerprint density at radius 1 is 1.27 bits per heavy atom. The van der Waals surface area contributed by atoms with Crippen LogP contribution in [-0.2, 0) is 17.6 Å². The first-order valence-electron chi connectivity index (χ1n) is 7.77. The first-order valence-corrected chi connectivity index (χ1v) is 8.76. The van der Waals surface area contributed by atoms with Gasteiger partial charge >= 0.3 is 0 Å². The van der Waals surface area contributed by atoms with Crippen LogP contribution in [0.1, 0.15) is 30.4 Å². The van der Waals surface area contributed by atoms with E-state index in [0.29, 0.717) is 16.4 Å². The molecule has 0 radical (unpaired) electrons. The molecule has 1 aliphatic heterocycles. The van der Waals surface area contributed by atoms with E-state index >= 15 is 0 Å². The van der Waals surface area contributed by atoms with Gasteiger partial charge in [0.1, 0.15) is 16.4 Å². The second kappa shape index (κ2) is 5.47. The lowest BCUT2D eigenvalue weighted by atomic mass is 10.1. The molecule has 5 heteroatoms. The summed E-state index contributed by atoms with van der Waals surface area (Å²) in [6, 6.07) is 6.53. The number of carbonyl (C=O) groups is 1. The quantitative estimate of drug-likeness (QED) is 0.901. The average molecular weight is 314 g/mol. The molecule has 1 fully saturated rings. The molecule has 0 aromatic heterocycles. The van der Waals surface area contributed by atoms with Gasteiger partial charge in [-0.3, -0.25) is 4.79 Å². The molecule has 114 valence electrons. The highest BCUT2D eigenvalue weighted by molar-refractivity contribution is 8.15. The van der Waals surface area contributed by atoms with E-state index in [1.807, 2.05) is 6.07 Å². The monoisotopic (exact) mass is 314 g/mol. The Labute approximate surface area is 133 Å². The summed E-state index contributed by atoms with van der Waals surface area (Å²) < 4.78 is 0. The standard InChI is InChI=1S/C17H18N2O2S/c20-14-9-22-17(15(14)16(21)18-12-6-7-12)19-13-5-4-10-2-1-3-11(10)8-13/h4-5,8,12,20H,1-3,6-7,9H2,(H,18,21). The Balaban J connectivity index is 1.61. The maximum atomic E-state index is 12.3. The highest BCUT2D eigenvalue weighted by Crippen LogP contribution is 2.32. The number of nitrogens with one attached hydrogen (secondary N) is 1. The number of aliphatic hydroxyl groups is 1. The van der Waals surface area contributed by atoms with Gasteiger partial charge in [0.2, 0.25) is 0 Å². The van der Waals surface area contributed by atoms with Gasteiger partial charge in [-0.1, -0.05) is 17.8 Å². The zero-order valence-electron chi connectivity index (χ0n) is 12.3. The SMILES string of the molecule is O=C(NC1CC1)C1=C(O)CSC1=Nc1ccc2c(c1)CCC2. The van der Waals surface area contributed by atoms with Gasteiger partial charge in [0.05, 0.1) is 11.4 Å². The maximum absolute atomic E-state index is 12.3. The van der Waals surface area contributed by atoms with Gasteiger partial charge in [-0.05, 0) is 55.4 Å². The molecule has 0 saturated heterocycles. The molecule has 1 amide bonds. The fourth-order valence-corrected chi connectivity index (χ4v) is 3.89. The van der Waals surface area contributed by atoms with Crippen molar-refractivity contribution in [2.24, 2.45) is 4.99 Å². The molecule has 4 nitrogen and oxygen atoms in total. The summed E-state index contributed by atoms with van der Waals surface area (Å²) in [4.78, 5) is 16.9. The zero-order valence-corrected chi connectivity index (χ0v) is 13.1. The highest BCUT2D eigenvalue weighted by Gasteiger charge is 2.32. The van der Waals surface area contributed by atoms with Crippen LogP contribution in [0.2, 0.25) is 0 Å². The Hall–Kier alpha value is -1.75. The number of amides is 1. The van der Waals surface area contributed by atoms with Crippen molar-refractivity contribution in [1.29, 1.82) is 0 Å². The van der Waals surface area contributed by atoms with E-state index in [9.17, 15) is 9.90 Å². The molecule has 1 aromatic rings. The van der Waals surface area contributed by atoms with E-state index in [1.54, 1.807) is 0 Å². The molecule has 3 aliphatic rings. The molecule has 4 rings (SSSR count). The molecule has 1 heterocycles. The normalized spacial score (nSPS) is 22.3. The van der Waals surface area contributed by atoms with Gasteiger partial charge in [0.15, 0.2) is 0 Å². The third-order valence-electron chi connectivity index (χ3n) is 4.30. The lowest BCUT2D eigenvalue weighted by molar-refractivity contribution is -0.117. The molecule has 0 unspecified atom stereocenters. The number of thioether (sulfide) groups is 1. The Morgan fingerprint density at radius 2 is 2.09 bits per heavy atom.